The van der Waals surface area contributed by atoms with E-state index in [-0.39, 0.29) is 11.7 Å². The maximum Gasteiger partial charge on any atom is 0.252 e. The van der Waals surface area contributed by atoms with Gasteiger partial charge < -0.3 is 5.32 Å². The van der Waals surface area contributed by atoms with Crippen molar-refractivity contribution >= 4 is 28.5 Å². The molecule has 92 valence electrons. The molecule has 0 bridgehead atoms. The molecule has 0 radical (unpaired) electrons. The molecule has 2 rings (SSSR count). The lowest BCUT2D eigenvalue weighted by Gasteiger charge is -2.06. The molecule has 0 fully saturated rings. The van der Waals surface area contributed by atoms with Gasteiger partial charge in [-0.05, 0) is 52.9 Å². The van der Waals surface area contributed by atoms with Crippen molar-refractivity contribution < 1.29 is 9.18 Å². The number of nitrogens with zero attached hydrogens (tertiary/aromatic N) is 1. The van der Waals surface area contributed by atoms with Crippen LogP contribution in [0.15, 0.2) is 42.6 Å². The third-order valence-corrected chi connectivity index (χ3v) is 3.22. The quantitative estimate of drug-likeness (QED) is 0.860. The molecule has 3 nitrogen and oxygen atoms in total. The molecule has 0 saturated carbocycles. The standard InChI is InChI=1S/C13H10FIN2O/c14-9-4-5-11(12(15)7-9)13(18)17-8-10-3-1-2-6-16-10/h1-7H,8H2,(H,17,18). The molecule has 0 aliphatic heterocycles. The van der Waals surface area contributed by atoms with Crippen LogP contribution >= 0.6 is 22.6 Å². The van der Waals surface area contributed by atoms with Gasteiger partial charge in [0.25, 0.3) is 5.91 Å². The average molecular weight is 356 g/mol. The van der Waals surface area contributed by atoms with Crippen molar-refractivity contribution in [3.05, 3.63) is 63.2 Å². The minimum Gasteiger partial charge on any atom is -0.346 e. The zero-order chi connectivity index (χ0) is 13.0. The number of carbonyl (C=O) groups excluding carboxylic acids is 1. The molecule has 18 heavy (non-hydrogen) atoms. The van der Waals surface area contributed by atoms with Gasteiger partial charge in [0.1, 0.15) is 5.82 Å². The van der Waals surface area contributed by atoms with Gasteiger partial charge in [0.15, 0.2) is 0 Å². The Morgan fingerprint density at radius 2 is 2.17 bits per heavy atom. The van der Waals surface area contributed by atoms with Crippen LogP contribution in [-0.2, 0) is 6.54 Å². The fourth-order valence-electron chi connectivity index (χ4n) is 1.44. The predicted octanol–water partition coefficient (Wildman–Crippen LogP) is 2.76. The van der Waals surface area contributed by atoms with E-state index < -0.39 is 0 Å². The van der Waals surface area contributed by atoms with E-state index in [4.69, 9.17) is 0 Å². The molecule has 0 aliphatic rings. The van der Waals surface area contributed by atoms with Crippen molar-refractivity contribution in [2.24, 2.45) is 0 Å². The second-order valence-corrected chi connectivity index (χ2v) is 4.79. The van der Waals surface area contributed by atoms with Crippen molar-refractivity contribution in [1.82, 2.24) is 10.3 Å². The van der Waals surface area contributed by atoms with Gasteiger partial charge in [-0.3, -0.25) is 9.78 Å². The number of hydrogen-bond acceptors (Lipinski definition) is 2. The summed E-state index contributed by atoms with van der Waals surface area (Å²) in [6.45, 7) is 0.354. The van der Waals surface area contributed by atoms with E-state index >= 15 is 0 Å². The number of halogens is 2. The smallest absolute Gasteiger partial charge is 0.252 e. The van der Waals surface area contributed by atoms with Gasteiger partial charge in [-0.2, -0.15) is 0 Å². The fourth-order valence-corrected chi connectivity index (χ4v) is 2.16. The lowest BCUT2D eigenvalue weighted by molar-refractivity contribution is 0.0949. The van der Waals surface area contributed by atoms with Crippen LogP contribution in [0.2, 0.25) is 0 Å². The summed E-state index contributed by atoms with van der Waals surface area (Å²) in [5, 5.41) is 2.75. The summed E-state index contributed by atoms with van der Waals surface area (Å²) in [6.07, 6.45) is 1.67. The molecule has 0 saturated heterocycles. The number of nitrogens with one attached hydrogen (secondary N) is 1. The molecule has 0 atom stereocenters. The van der Waals surface area contributed by atoms with Gasteiger partial charge in [-0.15, -0.1) is 0 Å². The first kappa shape index (κ1) is 12.9. The number of amides is 1. The van der Waals surface area contributed by atoms with Crippen molar-refractivity contribution in [3.63, 3.8) is 0 Å². The summed E-state index contributed by atoms with van der Waals surface area (Å²) >= 11 is 1.94. The maximum absolute atomic E-state index is 12.9. The molecule has 0 spiro atoms. The largest absolute Gasteiger partial charge is 0.346 e. The van der Waals surface area contributed by atoms with E-state index in [1.54, 1.807) is 6.20 Å². The van der Waals surface area contributed by atoms with Gasteiger partial charge in [-0.25, -0.2) is 4.39 Å². The molecule has 1 aromatic carbocycles. The van der Waals surface area contributed by atoms with Crippen LogP contribution in [0, 0.1) is 9.39 Å². The lowest BCUT2D eigenvalue weighted by atomic mass is 10.2. The van der Waals surface area contributed by atoms with E-state index in [1.807, 2.05) is 40.8 Å². The monoisotopic (exact) mass is 356 g/mol. The minimum absolute atomic E-state index is 0.231. The highest BCUT2D eigenvalue weighted by Gasteiger charge is 2.10. The molecule has 0 unspecified atom stereocenters. The first-order chi connectivity index (χ1) is 8.66. The topological polar surface area (TPSA) is 42.0 Å². The van der Waals surface area contributed by atoms with Gasteiger partial charge in [-0.1, -0.05) is 6.07 Å². The summed E-state index contributed by atoms with van der Waals surface area (Å²) in [4.78, 5) is 16.0. The number of pyridine rings is 1. The Labute approximate surface area is 118 Å². The molecular formula is C13H10FIN2O. The number of carbonyl (C=O) groups is 1. The van der Waals surface area contributed by atoms with E-state index in [9.17, 15) is 9.18 Å². The molecular weight excluding hydrogens is 346 g/mol. The predicted molar refractivity (Wildman–Crippen MR) is 74.5 cm³/mol. The SMILES string of the molecule is O=C(NCc1ccccn1)c1ccc(F)cc1I. The third kappa shape index (κ3) is 3.25. The number of hydrogen-bond donors (Lipinski definition) is 1. The minimum atomic E-state index is -0.347. The molecule has 1 amide bonds. The highest BCUT2D eigenvalue weighted by atomic mass is 127. The number of rotatable bonds is 3. The Morgan fingerprint density at radius 3 is 2.83 bits per heavy atom. The molecule has 1 aromatic heterocycles. The van der Waals surface area contributed by atoms with Crippen molar-refractivity contribution in [3.8, 4) is 0 Å². The second-order valence-electron chi connectivity index (χ2n) is 3.63. The van der Waals surface area contributed by atoms with Crippen LogP contribution in [0.5, 0.6) is 0 Å². The molecule has 2 aromatic rings. The molecule has 1 heterocycles. The summed E-state index contributed by atoms with van der Waals surface area (Å²) < 4.78 is 13.5. The summed E-state index contributed by atoms with van der Waals surface area (Å²) in [7, 11) is 0. The van der Waals surface area contributed by atoms with Crippen LogP contribution in [-0.4, -0.2) is 10.9 Å². The Kier molecular flexibility index (Phi) is 4.24. The number of aromatic nitrogens is 1. The van der Waals surface area contributed by atoms with E-state index in [2.05, 4.69) is 10.3 Å². The van der Waals surface area contributed by atoms with Gasteiger partial charge >= 0.3 is 0 Å². The Hall–Kier alpha value is -1.50. The normalized spacial score (nSPS) is 10.1. The Bertz CT molecular complexity index is 560. The first-order valence-electron chi connectivity index (χ1n) is 5.30. The zero-order valence-electron chi connectivity index (χ0n) is 9.36. The van der Waals surface area contributed by atoms with Gasteiger partial charge in [0, 0.05) is 9.77 Å². The third-order valence-electron chi connectivity index (χ3n) is 2.33. The summed E-state index contributed by atoms with van der Waals surface area (Å²) in [5.41, 5.74) is 1.25. The molecule has 5 heteroatoms. The zero-order valence-corrected chi connectivity index (χ0v) is 11.5. The van der Waals surface area contributed by atoms with Gasteiger partial charge in [0.2, 0.25) is 0 Å². The Balaban J connectivity index is 2.04. The molecule has 0 aliphatic carbocycles. The lowest BCUT2D eigenvalue weighted by Crippen LogP contribution is -2.24. The van der Waals surface area contributed by atoms with E-state index in [0.717, 1.165) is 5.69 Å². The first-order valence-corrected chi connectivity index (χ1v) is 6.38. The fraction of sp³-hybridized carbons (Fsp3) is 0.0769. The summed E-state index contributed by atoms with van der Waals surface area (Å²) in [5.74, 6) is -0.578. The van der Waals surface area contributed by atoms with Crippen LogP contribution in [0.25, 0.3) is 0 Å². The second kappa shape index (κ2) is 5.90. The van der Waals surface area contributed by atoms with Crippen molar-refractivity contribution in [2.75, 3.05) is 0 Å². The number of benzene rings is 1. The van der Waals surface area contributed by atoms with Crippen LogP contribution < -0.4 is 5.32 Å². The van der Waals surface area contributed by atoms with Gasteiger partial charge in [0.05, 0.1) is 17.8 Å². The van der Waals surface area contributed by atoms with E-state index in [1.165, 1.54) is 18.2 Å². The van der Waals surface area contributed by atoms with Crippen LogP contribution in [0.3, 0.4) is 0 Å². The van der Waals surface area contributed by atoms with Crippen LogP contribution in [0.4, 0.5) is 4.39 Å². The highest BCUT2D eigenvalue weighted by molar-refractivity contribution is 14.1. The summed E-state index contributed by atoms with van der Waals surface area (Å²) in [6, 6.07) is 9.58. The van der Waals surface area contributed by atoms with Crippen LogP contribution in [0.1, 0.15) is 16.1 Å². The van der Waals surface area contributed by atoms with Crippen molar-refractivity contribution in [1.29, 1.82) is 0 Å². The molecule has 1 N–H and O–H groups in total. The average Bonchev–Trinajstić information content (AvgIpc) is 2.37. The maximum atomic E-state index is 12.9. The van der Waals surface area contributed by atoms with Crippen molar-refractivity contribution in [2.45, 2.75) is 6.54 Å². The Morgan fingerprint density at radius 1 is 1.33 bits per heavy atom. The van der Waals surface area contributed by atoms with E-state index in [0.29, 0.717) is 15.7 Å². The highest BCUT2D eigenvalue weighted by Crippen LogP contribution is 2.13.